The third-order valence-corrected chi connectivity index (χ3v) is 3.20. The van der Waals surface area contributed by atoms with Gasteiger partial charge in [0.25, 0.3) is 0 Å². The molecule has 0 saturated carbocycles. The Bertz CT molecular complexity index is 587. The molecule has 1 heterocycles. The Morgan fingerprint density at radius 1 is 1.21 bits per heavy atom. The van der Waals surface area contributed by atoms with Crippen LogP contribution in [0.2, 0.25) is 0 Å². The van der Waals surface area contributed by atoms with Crippen LogP contribution in [0.4, 0.5) is 0 Å². The number of benzene rings is 1. The molecular weight excluding hydrogens is 234 g/mol. The van der Waals surface area contributed by atoms with E-state index in [0.717, 1.165) is 22.4 Å². The smallest absolute Gasteiger partial charge is 0.162 e. The highest BCUT2D eigenvalue weighted by Gasteiger charge is 2.11. The van der Waals surface area contributed by atoms with Gasteiger partial charge in [0.15, 0.2) is 5.78 Å². The normalized spacial score (nSPS) is 10.7. The minimum absolute atomic E-state index is 0.178. The first kappa shape index (κ1) is 13.5. The van der Waals surface area contributed by atoms with Crippen molar-refractivity contribution in [1.82, 2.24) is 4.98 Å². The third-order valence-electron chi connectivity index (χ3n) is 3.20. The summed E-state index contributed by atoms with van der Waals surface area (Å²) in [5, 5.41) is 0. The van der Waals surface area contributed by atoms with E-state index in [-0.39, 0.29) is 5.78 Å². The molecule has 0 aliphatic rings. The maximum Gasteiger partial charge on any atom is 0.162 e. The third kappa shape index (κ3) is 2.90. The van der Waals surface area contributed by atoms with Gasteiger partial charge in [-0.15, -0.1) is 0 Å². The molecule has 0 aliphatic carbocycles. The molecule has 19 heavy (non-hydrogen) atoms. The van der Waals surface area contributed by atoms with Crippen molar-refractivity contribution < 1.29 is 4.79 Å². The molecule has 0 saturated heterocycles. The van der Waals surface area contributed by atoms with E-state index in [1.807, 2.05) is 43.5 Å². The van der Waals surface area contributed by atoms with Gasteiger partial charge in [-0.25, -0.2) is 0 Å². The van der Waals surface area contributed by atoms with Crippen molar-refractivity contribution in [3.05, 3.63) is 53.9 Å². The molecule has 1 aromatic heterocycles. The predicted octanol–water partition coefficient (Wildman–Crippen LogP) is 4.46. The lowest BCUT2D eigenvalue weighted by Crippen LogP contribution is -1.99. The van der Waals surface area contributed by atoms with Crippen molar-refractivity contribution in [2.75, 3.05) is 0 Å². The number of hydrogen-bond donors (Lipinski definition) is 0. The van der Waals surface area contributed by atoms with Gasteiger partial charge in [0.1, 0.15) is 0 Å². The number of rotatable bonds is 4. The molecular formula is C17H19NO. The van der Waals surface area contributed by atoms with Crippen LogP contribution in [-0.2, 0) is 0 Å². The molecule has 1 aromatic carbocycles. The van der Waals surface area contributed by atoms with Gasteiger partial charge in [-0.2, -0.15) is 0 Å². The van der Waals surface area contributed by atoms with E-state index in [9.17, 15) is 4.79 Å². The van der Waals surface area contributed by atoms with Gasteiger partial charge in [-0.3, -0.25) is 9.78 Å². The van der Waals surface area contributed by atoms with E-state index in [2.05, 4.69) is 24.9 Å². The minimum Gasteiger partial charge on any atom is -0.294 e. The molecule has 2 aromatic rings. The largest absolute Gasteiger partial charge is 0.294 e. The molecule has 0 aliphatic heterocycles. The van der Waals surface area contributed by atoms with Crippen LogP contribution in [0, 0.1) is 0 Å². The minimum atomic E-state index is 0.178. The molecule has 0 N–H and O–H groups in total. The standard InChI is InChI=1S/C17H19NO/c1-4-16(19)14-8-5-7-13(11-14)15-9-6-10-18-17(15)12(2)3/h5-12H,4H2,1-3H3. The van der Waals surface area contributed by atoms with Gasteiger partial charge in [0, 0.05) is 23.7 Å². The van der Waals surface area contributed by atoms with E-state index in [4.69, 9.17) is 0 Å². The topological polar surface area (TPSA) is 30.0 Å². The second kappa shape index (κ2) is 5.79. The number of aromatic nitrogens is 1. The van der Waals surface area contributed by atoms with Gasteiger partial charge in [-0.1, -0.05) is 45.0 Å². The molecule has 2 heteroatoms. The highest BCUT2D eigenvalue weighted by atomic mass is 16.1. The monoisotopic (exact) mass is 253 g/mol. The highest BCUT2D eigenvalue weighted by molar-refractivity contribution is 5.97. The van der Waals surface area contributed by atoms with Crippen LogP contribution >= 0.6 is 0 Å². The van der Waals surface area contributed by atoms with Gasteiger partial charge in [0.05, 0.1) is 5.69 Å². The number of carbonyl (C=O) groups excluding carboxylic acids is 1. The molecule has 0 amide bonds. The fraction of sp³-hybridized carbons (Fsp3) is 0.294. The van der Waals surface area contributed by atoms with Crippen LogP contribution in [-0.4, -0.2) is 10.8 Å². The molecule has 2 nitrogen and oxygen atoms in total. The summed E-state index contributed by atoms with van der Waals surface area (Å²) >= 11 is 0. The summed E-state index contributed by atoms with van der Waals surface area (Å²) in [6, 6.07) is 11.8. The maximum absolute atomic E-state index is 11.8. The van der Waals surface area contributed by atoms with E-state index in [1.54, 1.807) is 0 Å². The van der Waals surface area contributed by atoms with Crippen molar-refractivity contribution in [1.29, 1.82) is 0 Å². The van der Waals surface area contributed by atoms with Crippen molar-refractivity contribution in [3.63, 3.8) is 0 Å². The van der Waals surface area contributed by atoms with E-state index < -0.39 is 0 Å². The summed E-state index contributed by atoms with van der Waals surface area (Å²) in [5.41, 5.74) is 4.03. The number of pyridine rings is 1. The Kier molecular flexibility index (Phi) is 4.10. The van der Waals surface area contributed by atoms with E-state index >= 15 is 0 Å². The second-order valence-corrected chi connectivity index (χ2v) is 4.95. The molecule has 98 valence electrons. The Morgan fingerprint density at radius 2 is 2.00 bits per heavy atom. The molecule has 0 bridgehead atoms. The number of carbonyl (C=O) groups is 1. The van der Waals surface area contributed by atoms with E-state index in [0.29, 0.717) is 12.3 Å². The summed E-state index contributed by atoms with van der Waals surface area (Å²) in [6.07, 6.45) is 2.35. The van der Waals surface area contributed by atoms with Crippen molar-refractivity contribution in [2.24, 2.45) is 0 Å². The highest BCUT2D eigenvalue weighted by Crippen LogP contribution is 2.28. The van der Waals surface area contributed by atoms with E-state index in [1.165, 1.54) is 0 Å². The zero-order chi connectivity index (χ0) is 13.8. The van der Waals surface area contributed by atoms with Crippen LogP contribution in [0.1, 0.15) is 49.2 Å². The summed E-state index contributed by atoms with van der Waals surface area (Å²) in [5.74, 6) is 0.540. The summed E-state index contributed by atoms with van der Waals surface area (Å²) in [7, 11) is 0. The zero-order valence-electron chi connectivity index (χ0n) is 11.7. The first-order valence-electron chi connectivity index (χ1n) is 6.72. The van der Waals surface area contributed by atoms with Gasteiger partial charge in [-0.05, 0) is 23.6 Å². The lowest BCUT2D eigenvalue weighted by molar-refractivity contribution is 0.0988. The van der Waals surface area contributed by atoms with Crippen LogP contribution in [0.5, 0.6) is 0 Å². The Morgan fingerprint density at radius 3 is 2.68 bits per heavy atom. The molecule has 0 fully saturated rings. The average molecular weight is 253 g/mol. The molecule has 0 radical (unpaired) electrons. The Hall–Kier alpha value is -1.96. The van der Waals surface area contributed by atoms with Crippen molar-refractivity contribution >= 4 is 5.78 Å². The maximum atomic E-state index is 11.8. The first-order chi connectivity index (χ1) is 9.13. The SMILES string of the molecule is CCC(=O)c1cccc(-c2cccnc2C(C)C)c1. The summed E-state index contributed by atoms with van der Waals surface area (Å²) in [6.45, 7) is 6.15. The van der Waals surface area contributed by atoms with Crippen LogP contribution in [0.15, 0.2) is 42.6 Å². The quantitative estimate of drug-likeness (QED) is 0.753. The molecule has 0 unspecified atom stereocenters. The molecule has 0 spiro atoms. The zero-order valence-corrected chi connectivity index (χ0v) is 11.7. The number of nitrogens with zero attached hydrogens (tertiary/aromatic N) is 1. The van der Waals surface area contributed by atoms with Crippen molar-refractivity contribution in [3.8, 4) is 11.1 Å². The van der Waals surface area contributed by atoms with Gasteiger partial charge in [0.2, 0.25) is 0 Å². The lowest BCUT2D eigenvalue weighted by Gasteiger charge is -2.12. The Balaban J connectivity index is 2.51. The Labute approximate surface area is 114 Å². The van der Waals surface area contributed by atoms with Gasteiger partial charge >= 0.3 is 0 Å². The van der Waals surface area contributed by atoms with Crippen LogP contribution in [0.3, 0.4) is 0 Å². The number of ketones is 1. The first-order valence-corrected chi connectivity index (χ1v) is 6.72. The molecule has 0 atom stereocenters. The predicted molar refractivity (Wildman–Crippen MR) is 78.4 cm³/mol. The fourth-order valence-electron chi connectivity index (χ4n) is 2.19. The fourth-order valence-corrected chi connectivity index (χ4v) is 2.19. The van der Waals surface area contributed by atoms with Crippen molar-refractivity contribution in [2.45, 2.75) is 33.1 Å². The molecule has 2 rings (SSSR count). The second-order valence-electron chi connectivity index (χ2n) is 4.95. The van der Waals surface area contributed by atoms with Gasteiger partial charge < -0.3 is 0 Å². The lowest BCUT2D eigenvalue weighted by atomic mass is 9.95. The summed E-state index contributed by atoms with van der Waals surface area (Å²) in [4.78, 5) is 16.3. The number of Topliss-reactive ketones (excluding diaryl/α,β-unsaturated/α-hetero) is 1. The number of hydrogen-bond acceptors (Lipinski definition) is 2. The average Bonchev–Trinajstić information content (AvgIpc) is 2.46. The summed E-state index contributed by atoms with van der Waals surface area (Å²) < 4.78 is 0. The van der Waals surface area contributed by atoms with Crippen LogP contribution < -0.4 is 0 Å². The van der Waals surface area contributed by atoms with Crippen LogP contribution in [0.25, 0.3) is 11.1 Å².